The molecule has 2 rings (SSSR count). The summed E-state index contributed by atoms with van der Waals surface area (Å²) >= 11 is 3.25. The number of hydrogen-bond acceptors (Lipinski definition) is 3. The Morgan fingerprint density at radius 2 is 1.80 bits per heavy atom. The summed E-state index contributed by atoms with van der Waals surface area (Å²) in [5, 5.41) is 0. The normalized spacial score (nSPS) is 11.5. The minimum atomic E-state index is -3.61. The molecule has 6 heteroatoms. The van der Waals surface area contributed by atoms with Gasteiger partial charge in [-0.25, -0.2) is 13.1 Å². The largest absolute Gasteiger partial charge is 0.398 e. The van der Waals surface area contributed by atoms with Crippen molar-refractivity contribution in [1.82, 2.24) is 4.72 Å². The van der Waals surface area contributed by atoms with E-state index in [4.69, 9.17) is 5.73 Å². The van der Waals surface area contributed by atoms with Crippen LogP contribution < -0.4 is 10.5 Å². The van der Waals surface area contributed by atoms with Crippen LogP contribution in [0.3, 0.4) is 0 Å². The van der Waals surface area contributed by atoms with Gasteiger partial charge in [0, 0.05) is 11.0 Å². The first-order valence-corrected chi connectivity index (χ1v) is 8.26. The molecule has 4 nitrogen and oxygen atoms in total. The second-order valence-electron chi connectivity index (χ2n) is 4.49. The molecule has 20 heavy (non-hydrogen) atoms. The van der Waals surface area contributed by atoms with E-state index in [0.29, 0.717) is 0 Å². The van der Waals surface area contributed by atoms with E-state index in [1.807, 2.05) is 31.2 Å². The van der Waals surface area contributed by atoms with E-state index in [9.17, 15) is 8.42 Å². The summed E-state index contributed by atoms with van der Waals surface area (Å²) in [5.41, 5.74) is 8.00. The quantitative estimate of drug-likeness (QED) is 0.829. The van der Waals surface area contributed by atoms with Crippen molar-refractivity contribution < 1.29 is 8.42 Å². The molecule has 0 aliphatic rings. The highest BCUT2D eigenvalue weighted by Gasteiger charge is 2.17. The average Bonchev–Trinajstić information content (AvgIpc) is 2.37. The molecule has 0 saturated heterocycles. The van der Waals surface area contributed by atoms with Gasteiger partial charge < -0.3 is 5.73 Å². The summed E-state index contributed by atoms with van der Waals surface area (Å²) < 4.78 is 27.7. The van der Waals surface area contributed by atoms with Gasteiger partial charge in [0.05, 0.1) is 5.69 Å². The molecule has 0 amide bonds. The molecule has 0 radical (unpaired) electrons. The molecular weight excluding hydrogens is 340 g/mol. The Hall–Kier alpha value is -1.37. The van der Waals surface area contributed by atoms with Crippen molar-refractivity contribution in [3.05, 3.63) is 58.1 Å². The minimum Gasteiger partial charge on any atom is -0.398 e. The Morgan fingerprint density at radius 3 is 2.40 bits per heavy atom. The standard InChI is InChI=1S/C14H15BrN2O2S/c1-10-2-4-11(5-3-10)9-17-20(18,19)14-7-6-12(15)8-13(14)16/h2-8,17H,9,16H2,1H3. The van der Waals surface area contributed by atoms with E-state index in [2.05, 4.69) is 20.7 Å². The molecule has 3 N–H and O–H groups in total. The third kappa shape index (κ3) is 3.59. The van der Waals surface area contributed by atoms with Crippen LogP contribution in [0.15, 0.2) is 51.8 Å². The molecule has 0 heterocycles. The molecular formula is C14H15BrN2O2S. The van der Waals surface area contributed by atoms with Crippen LogP contribution in [0.2, 0.25) is 0 Å². The Morgan fingerprint density at radius 1 is 1.15 bits per heavy atom. The van der Waals surface area contributed by atoms with E-state index in [1.165, 1.54) is 6.07 Å². The van der Waals surface area contributed by atoms with Gasteiger partial charge in [0.25, 0.3) is 0 Å². The molecule has 0 aliphatic carbocycles. The van der Waals surface area contributed by atoms with Gasteiger partial charge in [0.15, 0.2) is 0 Å². The van der Waals surface area contributed by atoms with E-state index in [1.54, 1.807) is 12.1 Å². The van der Waals surface area contributed by atoms with E-state index in [0.717, 1.165) is 15.6 Å². The van der Waals surface area contributed by atoms with Crippen LogP contribution >= 0.6 is 15.9 Å². The summed E-state index contributed by atoms with van der Waals surface area (Å²) in [6, 6.07) is 12.4. The highest BCUT2D eigenvalue weighted by Crippen LogP contribution is 2.22. The summed E-state index contributed by atoms with van der Waals surface area (Å²) in [6.07, 6.45) is 0. The number of rotatable bonds is 4. The maximum Gasteiger partial charge on any atom is 0.242 e. The summed E-state index contributed by atoms with van der Waals surface area (Å²) in [4.78, 5) is 0.0906. The zero-order valence-corrected chi connectivity index (χ0v) is 13.3. The smallest absolute Gasteiger partial charge is 0.242 e. The number of halogens is 1. The fourth-order valence-corrected chi connectivity index (χ4v) is 3.23. The van der Waals surface area contributed by atoms with Crippen molar-refractivity contribution in [2.45, 2.75) is 18.4 Å². The van der Waals surface area contributed by atoms with Gasteiger partial charge in [0.1, 0.15) is 4.90 Å². The predicted octanol–water partition coefficient (Wildman–Crippen LogP) is 2.82. The molecule has 0 aromatic heterocycles. The fourth-order valence-electron chi connectivity index (χ4n) is 1.73. The van der Waals surface area contributed by atoms with Crippen molar-refractivity contribution in [2.24, 2.45) is 0 Å². The maximum absolute atomic E-state index is 12.2. The first-order valence-electron chi connectivity index (χ1n) is 5.99. The number of benzene rings is 2. The zero-order chi connectivity index (χ0) is 14.8. The van der Waals surface area contributed by atoms with Crippen LogP contribution in [0, 0.1) is 6.92 Å². The first kappa shape index (κ1) is 15.0. The molecule has 0 spiro atoms. The second kappa shape index (κ2) is 5.95. The highest BCUT2D eigenvalue weighted by molar-refractivity contribution is 9.10. The predicted molar refractivity (Wildman–Crippen MR) is 83.8 cm³/mol. The van der Waals surface area contributed by atoms with Crippen molar-refractivity contribution in [3.8, 4) is 0 Å². The Labute approximate surface area is 127 Å². The Kier molecular flexibility index (Phi) is 4.47. The van der Waals surface area contributed by atoms with Crippen LogP contribution in [-0.2, 0) is 16.6 Å². The first-order chi connectivity index (χ1) is 9.38. The molecule has 2 aromatic carbocycles. The highest BCUT2D eigenvalue weighted by atomic mass is 79.9. The lowest BCUT2D eigenvalue weighted by molar-refractivity contribution is 0.581. The fraction of sp³-hybridized carbons (Fsp3) is 0.143. The van der Waals surface area contributed by atoms with Crippen LogP contribution in [-0.4, -0.2) is 8.42 Å². The van der Waals surface area contributed by atoms with Crippen molar-refractivity contribution in [3.63, 3.8) is 0 Å². The molecule has 0 aliphatic heterocycles. The lowest BCUT2D eigenvalue weighted by Gasteiger charge is -2.09. The molecule has 106 valence electrons. The second-order valence-corrected chi connectivity index (χ2v) is 7.14. The van der Waals surface area contributed by atoms with Gasteiger partial charge in [-0.2, -0.15) is 0 Å². The number of anilines is 1. The SMILES string of the molecule is Cc1ccc(CNS(=O)(=O)c2ccc(Br)cc2N)cc1. The monoisotopic (exact) mass is 354 g/mol. The average molecular weight is 355 g/mol. The van der Waals surface area contributed by atoms with Gasteiger partial charge in [-0.1, -0.05) is 45.8 Å². The number of nitrogen functional groups attached to an aromatic ring is 1. The molecule has 0 saturated carbocycles. The lowest BCUT2D eigenvalue weighted by Crippen LogP contribution is -2.24. The number of hydrogen-bond donors (Lipinski definition) is 2. The van der Waals surface area contributed by atoms with Gasteiger partial charge in [0.2, 0.25) is 10.0 Å². The van der Waals surface area contributed by atoms with Crippen LogP contribution in [0.5, 0.6) is 0 Å². The Balaban J connectivity index is 2.17. The lowest BCUT2D eigenvalue weighted by atomic mass is 10.2. The Bertz CT molecular complexity index is 712. The van der Waals surface area contributed by atoms with E-state index in [-0.39, 0.29) is 17.1 Å². The molecule has 0 unspecified atom stereocenters. The third-order valence-electron chi connectivity index (χ3n) is 2.85. The van der Waals surface area contributed by atoms with Gasteiger partial charge in [-0.05, 0) is 30.7 Å². The number of nitrogens with one attached hydrogen (secondary N) is 1. The van der Waals surface area contributed by atoms with E-state index >= 15 is 0 Å². The van der Waals surface area contributed by atoms with Gasteiger partial charge in [-0.15, -0.1) is 0 Å². The van der Waals surface area contributed by atoms with Crippen molar-refractivity contribution >= 4 is 31.6 Å². The summed E-state index contributed by atoms with van der Waals surface area (Å²) in [5.74, 6) is 0. The van der Waals surface area contributed by atoms with Crippen LogP contribution in [0.1, 0.15) is 11.1 Å². The summed E-state index contributed by atoms with van der Waals surface area (Å²) in [6.45, 7) is 2.22. The topological polar surface area (TPSA) is 72.2 Å². The minimum absolute atomic E-state index is 0.0906. The van der Waals surface area contributed by atoms with Crippen LogP contribution in [0.4, 0.5) is 5.69 Å². The van der Waals surface area contributed by atoms with Gasteiger partial charge >= 0.3 is 0 Å². The van der Waals surface area contributed by atoms with Gasteiger partial charge in [-0.3, -0.25) is 0 Å². The number of aryl methyl sites for hydroxylation is 1. The third-order valence-corrected chi connectivity index (χ3v) is 4.82. The molecule has 0 bridgehead atoms. The van der Waals surface area contributed by atoms with Crippen LogP contribution in [0.25, 0.3) is 0 Å². The molecule has 0 fully saturated rings. The maximum atomic E-state index is 12.2. The van der Waals surface area contributed by atoms with Crippen molar-refractivity contribution in [1.29, 1.82) is 0 Å². The number of sulfonamides is 1. The molecule has 2 aromatic rings. The molecule has 0 atom stereocenters. The number of nitrogens with two attached hydrogens (primary N) is 1. The summed E-state index contributed by atoms with van der Waals surface area (Å²) in [7, 11) is -3.61. The zero-order valence-electron chi connectivity index (χ0n) is 10.9. The van der Waals surface area contributed by atoms with Crippen molar-refractivity contribution in [2.75, 3.05) is 5.73 Å². The van der Waals surface area contributed by atoms with E-state index < -0.39 is 10.0 Å².